The lowest BCUT2D eigenvalue weighted by Gasteiger charge is -2.08. The quantitative estimate of drug-likeness (QED) is 0.693. The summed E-state index contributed by atoms with van der Waals surface area (Å²) >= 11 is 0. The SMILES string of the molecule is CCOc1ccc(NC(=O)CCn2cnc3c2c(=O)n(C)c(=O)n3C)cc1. The van der Waals surface area contributed by atoms with E-state index in [1.54, 1.807) is 35.9 Å². The number of carbonyl (C=O) groups excluding carboxylic acids is 1. The summed E-state index contributed by atoms with van der Waals surface area (Å²) in [4.78, 5) is 40.7. The van der Waals surface area contributed by atoms with Crippen molar-refractivity contribution in [1.29, 1.82) is 0 Å². The van der Waals surface area contributed by atoms with Crippen LogP contribution in [0.2, 0.25) is 0 Å². The Balaban J connectivity index is 1.72. The molecule has 0 atom stereocenters. The first-order valence-corrected chi connectivity index (χ1v) is 8.56. The molecule has 9 nitrogen and oxygen atoms in total. The normalized spacial score (nSPS) is 10.9. The number of ether oxygens (including phenoxy) is 1. The Kier molecular flexibility index (Phi) is 5.11. The van der Waals surface area contributed by atoms with Gasteiger partial charge in [0.05, 0.1) is 12.9 Å². The maximum Gasteiger partial charge on any atom is 0.332 e. The molecular weight excluding hydrogens is 350 g/mol. The third-order valence-corrected chi connectivity index (χ3v) is 4.25. The Labute approximate surface area is 154 Å². The van der Waals surface area contributed by atoms with Crippen molar-refractivity contribution >= 4 is 22.8 Å². The number of fused-ring (bicyclic) bond motifs is 1. The highest BCUT2D eigenvalue weighted by atomic mass is 16.5. The van der Waals surface area contributed by atoms with E-state index in [0.717, 1.165) is 10.3 Å². The van der Waals surface area contributed by atoms with E-state index in [1.807, 2.05) is 6.92 Å². The molecule has 142 valence electrons. The summed E-state index contributed by atoms with van der Waals surface area (Å²) in [6.45, 7) is 2.75. The second-order valence-electron chi connectivity index (χ2n) is 6.07. The number of aryl methyl sites for hydroxylation is 2. The Hall–Kier alpha value is -3.36. The van der Waals surface area contributed by atoms with Gasteiger partial charge >= 0.3 is 5.69 Å². The average molecular weight is 371 g/mol. The zero-order valence-corrected chi connectivity index (χ0v) is 15.4. The number of nitrogens with one attached hydrogen (secondary N) is 1. The van der Waals surface area contributed by atoms with Crippen molar-refractivity contribution in [2.24, 2.45) is 14.1 Å². The highest BCUT2D eigenvalue weighted by Crippen LogP contribution is 2.16. The van der Waals surface area contributed by atoms with Crippen LogP contribution in [0.4, 0.5) is 5.69 Å². The molecular formula is C18H21N5O4. The molecule has 0 aliphatic rings. The zero-order chi connectivity index (χ0) is 19.6. The van der Waals surface area contributed by atoms with Crippen LogP contribution in [0, 0.1) is 0 Å². The molecule has 0 saturated heterocycles. The third kappa shape index (κ3) is 3.62. The summed E-state index contributed by atoms with van der Waals surface area (Å²) in [7, 11) is 2.97. The van der Waals surface area contributed by atoms with Crippen LogP contribution < -0.4 is 21.3 Å². The summed E-state index contributed by atoms with van der Waals surface area (Å²) in [5.74, 6) is 0.546. The molecule has 0 spiro atoms. The molecule has 1 aromatic carbocycles. The number of hydrogen-bond acceptors (Lipinski definition) is 5. The second-order valence-corrected chi connectivity index (χ2v) is 6.07. The number of anilines is 1. The van der Waals surface area contributed by atoms with Gasteiger partial charge in [0.2, 0.25) is 5.91 Å². The Morgan fingerprint density at radius 2 is 1.85 bits per heavy atom. The first kappa shape index (κ1) is 18.4. The van der Waals surface area contributed by atoms with E-state index in [4.69, 9.17) is 4.74 Å². The number of nitrogens with zero attached hydrogens (tertiary/aromatic N) is 4. The largest absolute Gasteiger partial charge is 0.494 e. The van der Waals surface area contributed by atoms with Crippen LogP contribution in [0.5, 0.6) is 5.75 Å². The Morgan fingerprint density at radius 1 is 1.15 bits per heavy atom. The van der Waals surface area contributed by atoms with Crippen LogP contribution in [0.15, 0.2) is 40.2 Å². The number of hydrogen-bond donors (Lipinski definition) is 1. The lowest BCUT2D eigenvalue weighted by molar-refractivity contribution is -0.116. The maximum atomic E-state index is 12.4. The minimum atomic E-state index is -0.439. The molecule has 9 heteroatoms. The van der Waals surface area contributed by atoms with Gasteiger partial charge in [0, 0.05) is 32.7 Å². The van der Waals surface area contributed by atoms with Crippen LogP contribution in [0.1, 0.15) is 13.3 Å². The molecule has 2 heterocycles. The van der Waals surface area contributed by atoms with Gasteiger partial charge in [-0.15, -0.1) is 0 Å². The standard InChI is InChI=1S/C18H21N5O4/c1-4-27-13-7-5-12(6-8-13)20-14(24)9-10-23-11-19-16-15(23)17(25)22(3)18(26)21(16)2/h5-8,11H,4,9-10H2,1-3H3,(H,20,24). The molecule has 0 radical (unpaired) electrons. The first-order chi connectivity index (χ1) is 12.9. The molecule has 0 aliphatic carbocycles. The smallest absolute Gasteiger partial charge is 0.332 e. The number of carbonyl (C=O) groups is 1. The van der Waals surface area contributed by atoms with Gasteiger partial charge in [-0.2, -0.15) is 0 Å². The number of rotatable bonds is 6. The van der Waals surface area contributed by atoms with Crippen LogP contribution in [0.25, 0.3) is 11.2 Å². The summed E-state index contributed by atoms with van der Waals surface area (Å²) in [6, 6.07) is 7.10. The molecule has 3 rings (SSSR count). The van der Waals surface area contributed by atoms with E-state index in [0.29, 0.717) is 23.5 Å². The fourth-order valence-electron chi connectivity index (χ4n) is 2.81. The van der Waals surface area contributed by atoms with Crippen LogP contribution in [-0.4, -0.2) is 31.2 Å². The molecule has 0 bridgehead atoms. The highest BCUT2D eigenvalue weighted by molar-refractivity contribution is 5.90. The predicted octanol–water partition coefficient (Wildman–Crippen LogP) is 0.861. The van der Waals surface area contributed by atoms with Crippen molar-refractivity contribution in [3.63, 3.8) is 0 Å². The van der Waals surface area contributed by atoms with Crippen molar-refractivity contribution in [3.8, 4) is 5.75 Å². The third-order valence-electron chi connectivity index (χ3n) is 4.25. The van der Waals surface area contributed by atoms with Gasteiger partial charge in [0.15, 0.2) is 11.2 Å². The van der Waals surface area contributed by atoms with E-state index < -0.39 is 11.2 Å². The van der Waals surface area contributed by atoms with E-state index in [2.05, 4.69) is 10.3 Å². The molecule has 0 aliphatic heterocycles. The van der Waals surface area contributed by atoms with E-state index >= 15 is 0 Å². The van der Waals surface area contributed by atoms with Gasteiger partial charge in [0.25, 0.3) is 5.56 Å². The van der Waals surface area contributed by atoms with Crippen molar-refractivity contribution in [2.75, 3.05) is 11.9 Å². The van der Waals surface area contributed by atoms with Crippen molar-refractivity contribution in [1.82, 2.24) is 18.7 Å². The van der Waals surface area contributed by atoms with Gasteiger partial charge in [-0.05, 0) is 31.2 Å². The fourth-order valence-corrected chi connectivity index (χ4v) is 2.81. The summed E-state index contributed by atoms with van der Waals surface area (Å²) in [5, 5.41) is 2.80. The summed E-state index contributed by atoms with van der Waals surface area (Å²) < 4.78 is 9.30. The second kappa shape index (κ2) is 7.48. The maximum absolute atomic E-state index is 12.4. The molecule has 0 unspecified atom stereocenters. The fraction of sp³-hybridized carbons (Fsp3) is 0.333. The first-order valence-electron chi connectivity index (χ1n) is 8.56. The van der Waals surface area contributed by atoms with Gasteiger partial charge in [-0.25, -0.2) is 9.78 Å². The van der Waals surface area contributed by atoms with Crippen molar-refractivity contribution in [2.45, 2.75) is 19.9 Å². The minimum Gasteiger partial charge on any atom is -0.494 e. The zero-order valence-electron chi connectivity index (χ0n) is 15.4. The average Bonchev–Trinajstić information content (AvgIpc) is 3.09. The minimum absolute atomic E-state index is 0.157. The van der Waals surface area contributed by atoms with Crippen molar-refractivity contribution in [3.05, 3.63) is 51.4 Å². The molecule has 0 saturated carbocycles. The number of amides is 1. The van der Waals surface area contributed by atoms with Gasteiger partial charge in [0.1, 0.15) is 5.75 Å². The molecule has 3 aromatic rings. The van der Waals surface area contributed by atoms with E-state index in [9.17, 15) is 14.4 Å². The number of imidazole rings is 1. The van der Waals surface area contributed by atoms with Crippen molar-refractivity contribution < 1.29 is 9.53 Å². The Bertz CT molecular complexity index is 1090. The predicted molar refractivity (Wildman–Crippen MR) is 101 cm³/mol. The lowest BCUT2D eigenvalue weighted by Crippen LogP contribution is -2.37. The molecule has 1 N–H and O–H groups in total. The van der Waals surface area contributed by atoms with Crippen LogP contribution >= 0.6 is 0 Å². The molecule has 2 aromatic heterocycles. The monoisotopic (exact) mass is 371 g/mol. The van der Waals surface area contributed by atoms with Gasteiger partial charge in [-0.3, -0.25) is 18.7 Å². The molecule has 27 heavy (non-hydrogen) atoms. The van der Waals surface area contributed by atoms with E-state index in [1.165, 1.54) is 17.9 Å². The molecule has 0 fully saturated rings. The van der Waals surface area contributed by atoms with Crippen LogP contribution in [0.3, 0.4) is 0 Å². The van der Waals surface area contributed by atoms with Gasteiger partial charge in [-0.1, -0.05) is 0 Å². The highest BCUT2D eigenvalue weighted by Gasteiger charge is 2.14. The lowest BCUT2D eigenvalue weighted by atomic mass is 10.3. The molecule has 1 amide bonds. The van der Waals surface area contributed by atoms with E-state index in [-0.39, 0.29) is 18.9 Å². The van der Waals surface area contributed by atoms with Gasteiger partial charge < -0.3 is 14.6 Å². The Morgan fingerprint density at radius 3 is 2.52 bits per heavy atom. The summed E-state index contributed by atoms with van der Waals surface area (Å²) in [6.07, 6.45) is 1.63. The summed E-state index contributed by atoms with van der Waals surface area (Å²) in [5.41, 5.74) is 0.393. The number of benzene rings is 1. The topological polar surface area (TPSA) is 100 Å². The van der Waals surface area contributed by atoms with Crippen LogP contribution in [-0.2, 0) is 25.4 Å². The number of aromatic nitrogens is 4.